The predicted octanol–water partition coefficient (Wildman–Crippen LogP) is 5.14. The standard InChI is InChI=1S/C27H22N2O8S/c1-14(2)15-3-5-19(6-4-15)28-23(30)13-29-24(31)22(38-27(29)36)12-20-7-8-21(37-20)16-9-17(25(32)33)11-18(10-16)26(34)35/h3-12,14H,13H2,1-2H3,(H,28,30)(H,32,33)(H,34,35)/b22-12+. The van der Waals surface area contributed by atoms with Crippen molar-refractivity contribution < 1.29 is 38.6 Å². The number of imide groups is 1. The normalized spacial score (nSPS) is 14.4. The first-order valence-electron chi connectivity index (χ1n) is 11.4. The molecule has 1 aromatic heterocycles. The molecular formula is C27H22N2O8S. The molecule has 4 rings (SSSR count). The highest BCUT2D eigenvalue weighted by atomic mass is 32.2. The maximum Gasteiger partial charge on any atom is 0.335 e. The van der Waals surface area contributed by atoms with Gasteiger partial charge >= 0.3 is 11.9 Å². The van der Waals surface area contributed by atoms with Gasteiger partial charge in [0.1, 0.15) is 18.1 Å². The average molecular weight is 535 g/mol. The van der Waals surface area contributed by atoms with Crippen molar-refractivity contribution in [2.75, 3.05) is 11.9 Å². The summed E-state index contributed by atoms with van der Waals surface area (Å²) in [6.07, 6.45) is 1.33. The second kappa shape index (κ2) is 10.8. The maximum absolute atomic E-state index is 12.8. The lowest BCUT2D eigenvalue weighted by molar-refractivity contribution is -0.127. The van der Waals surface area contributed by atoms with Gasteiger partial charge in [0.05, 0.1) is 16.0 Å². The molecule has 1 saturated heterocycles. The molecule has 0 saturated carbocycles. The minimum absolute atomic E-state index is 0.0375. The van der Waals surface area contributed by atoms with Crippen LogP contribution in [0.2, 0.25) is 0 Å². The fraction of sp³-hybridized carbons (Fsp3) is 0.148. The van der Waals surface area contributed by atoms with Crippen LogP contribution in [-0.2, 0) is 9.59 Å². The van der Waals surface area contributed by atoms with Gasteiger partial charge in [-0.15, -0.1) is 0 Å². The molecule has 0 aliphatic carbocycles. The van der Waals surface area contributed by atoms with Crippen LogP contribution in [0.15, 0.2) is 63.9 Å². The van der Waals surface area contributed by atoms with E-state index in [0.717, 1.165) is 16.5 Å². The van der Waals surface area contributed by atoms with E-state index in [2.05, 4.69) is 19.2 Å². The quantitative estimate of drug-likeness (QED) is 0.333. The summed E-state index contributed by atoms with van der Waals surface area (Å²) in [6, 6.07) is 13.8. The van der Waals surface area contributed by atoms with E-state index in [0.29, 0.717) is 23.4 Å². The lowest BCUT2D eigenvalue weighted by Crippen LogP contribution is -2.36. The molecule has 0 radical (unpaired) electrons. The Kier molecular flexibility index (Phi) is 7.49. The molecule has 194 valence electrons. The number of nitrogens with zero attached hydrogens (tertiary/aromatic N) is 1. The van der Waals surface area contributed by atoms with Crippen LogP contribution in [0.4, 0.5) is 10.5 Å². The van der Waals surface area contributed by atoms with Crippen molar-refractivity contribution >= 4 is 52.5 Å². The first kappa shape index (κ1) is 26.4. The number of carbonyl (C=O) groups is 5. The summed E-state index contributed by atoms with van der Waals surface area (Å²) in [7, 11) is 0. The van der Waals surface area contributed by atoms with Crippen LogP contribution in [0.25, 0.3) is 17.4 Å². The van der Waals surface area contributed by atoms with Crippen LogP contribution in [-0.4, -0.2) is 50.6 Å². The molecule has 38 heavy (non-hydrogen) atoms. The number of carboxylic acid groups (broad SMARTS) is 2. The van der Waals surface area contributed by atoms with Crippen molar-refractivity contribution in [3.63, 3.8) is 0 Å². The summed E-state index contributed by atoms with van der Waals surface area (Å²) in [5.74, 6) is -3.10. The van der Waals surface area contributed by atoms with E-state index in [1.54, 1.807) is 12.1 Å². The van der Waals surface area contributed by atoms with Gasteiger partial charge in [-0.25, -0.2) is 9.59 Å². The van der Waals surface area contributed by atoms with E-state index in [-0.39, 0.29) is 33.1 Å². The highest BCUT2D eigenvalue weighted by Gasteiger charge is 2.36. The van der Waals surface area contributed by atoms with E-state index in [1.165, 1.54) is 30.3 Å². The molecule has 0 bridgehead atoms. The Labute approximate surface area is 220 Å². The number of thioether (sulfide) groups is 1. The van der Waals surface area contributed by atoms with Crippen LogP contribution in [0.1, 0.15) is 51.8 Å². The van der Waals surface area contributed by atoms with Gasteiger partial charge in [0.2, 0.25) is 5.91 Å². The molecule has 1 aliphatic heterocycles. The topological polar surface area (TPSA) is 154 Å². The smallest absolute Gasteiger partial charge is 0.335 e. The van der Waals surface area contributed by atoms with Crippen molar-refractivity contribution in [2.45, 2.75) is 19.8 Å². The molecule has 3 amide bonds. The van der Waals surface area contributed by atoms with Gasteiger partial charge in [0.25, 0.3) is 11.1 Å². The second-order valence-electron chi connectivity index (χ2n) is 8.70. The fourth-order valence-electron chi connectivity index (χ4n) is 3.66. The Balaban J connectivity index is 1.47. The molecule has 2 heterocycles. The van der Waals surface area contributed by atoms with Crippen LogP contribution in [0.3, 0.4) is 0 Å². The Morgan fingerprint density at radius 1 is 0.974 bits per heavy atom. The first-order chi connectivity index (χ1) is 18.0. The molecule has 1 aliphatic rings. The van der Waals surface area contributed by atoms with Gasteiger partial charge in [-0.1, -0.05) is 26.0 Å². The number of aromatic carboxylic acids is 2. The second-order valence-corrected chi connectivity index (χ2v) is 9.70. The number of amides is 3. The van der Waals surface area contributed by atoms with Crippen LogP contribution >= 0.6 is 11.8 Å². The zero-order valence-electron chi connectivity index (χ0n) is 20.3. The molecule has 0 unspecified atom stereocenters. The molecule has 0 spiro atoms. The van der Waals surface area contributed by atoms with Crippen LogP contribution in [0, 0.1) is 0 Å². The molecule has 11 heteroatoms. The Morgan fingerprint density at radius 3 is 2.18 bits per heavy atom. The van der Waals surface area contributed by atoms with Gasteiger partial charge in [0, 0.05) is 17.3 Å². The van der Waals surface area contributed by atoms with Crippen molar-refractivity contribution in [1.82, 2.24) is 4.90 Å². The minimum Gasteiger partial charge on any atom is -0.478 e. The van der Waals surface area contributed by atoms with Crippen molar-refractivity contribution in [1.29, 1.82) is 0 Å². The predicted molar refractivity (Wildman–Crippen MR) is 140 cm³/mol. The monoisotopic (exact) mass is 534 g/mol. The number of anilines is 1. The van der Waals surface area contributed by atoms with Gasteiger partial charge < -0.3 is 19.9 Å². The van der Waals surface area contributed by atoms with E-state index in [9.17, 15) is 34.2 Å². The van der Waals surface area contributed by atoms with Crippen molar-refractivity contribution in [3.8, 4) is 11.3 Å². The van der Waals surface area contributed by atoms with E-state index in [1.807, 2.05) is 12.1 Å². The molecule has 3 aromatic rings. The van der Waals surface area contributed by atoms with E-state index < -0.39 is 35.5 Å². The summed E-state index contributed by atoms with van der Waals surface area (Å²) in [6.45, 7) is 3.64. The van der Waals surface area contributed by atoms with Gasteiger partial charge in [-0.3, -0.25) is 19.3 Å². The number of nitrogens with one attached hydrogen (secondary N) is 1. The molecule has 2 aromatic carbocycles. The summed E-state index contributed by atoms with van der Waals surface area (Å²) in [5.41, 5.74) is 1.41. The summed E-state index contributed by atoms with van der Waals surface area (Å²) in [5, 5.41) is 20.6. The summed E-state index contributed by atoms with van der Waals surface area (Å²) < 4.78 is 5.67. The third-order valence-corrected chi connectivity index (χ3v) is 6.56. The molecular weight excluding hydrogens is 512 g/mol. The zero-order valence-corrected chi connectivity index (χ0v) is 21.1. The van der Waals surface area contributed by atoms with E-state index >= 15 is 0 Å². The number of hydrogen-bond acceptors (Lipinski definition) is 7. The Bertz CT molecular complexity index is 1450. The molecule has 10 nitrogen and oxygen atoms in total. The number of carbonyl (C=O) groups excluding carboxylic acids is 3. The first-order valence-corrected chi connectivity index (χ1v) is 12.2. The van der Waals surface area contributed by atoms with Crippen LogP contribution in [0.5, 0.6) is 0 Å². The van der Waals surface area contributed by atoms with Gasteiger partial charge in [-0.05, 0) is 65.7 Å². The highest BCUT2D eigenvalue weighted by molar-refractivity contribution is 8.18. The summed E-state index contributed by atoms with van der Waals surface area (Å²) in [4.78, 5) is 61.3. The number of carboxylic acids is 2. The van der Waals surface area contributed by atoms with Crippen LogP contribution < -0.4 is 5.32 Å². The van der Waals surface area contributed by atoms with Crippen molar-refractivity contribution in [2.24, 2.45) is 0 Å². The van der Waals surface area contributed by atoms with E-state index in [4.69, 9.17) is 4.42 Å². The van der Waals surface area contributed by atoms with Crippen molar-refractivity contribution in [3.05, 3.63) is 82.0 Å². The third-order valence-electron chi connectivity index (χ3n) is 5.65. The molecule has 0 atom stereocenters. The largest absolute Gasteiger partial charge is 0.478 e. The SMILES string of the molecule is CC(C)c1ccc(NC(=O)CN2C(=O)S/C(=C/c3ccc(-c4cc(C(=O)O)cc(C(=O)O)c4)o3)C2=O)cc1. The number of benzene rings is 2. The maximum atomic E-state index is 12.8. The number of furan rings is 1. The lowest BCUT2D eigenvalue weighted by Gasteiger charge is -2.13. The van der Waals surface area contributed by atoms with Gasteiger partial charge in [-0.2, -0.15) is 0 Å². The summed E-state index contributed by atoms with van der Waals surface area (Å²) >= 11 is 0.651. The number of rotatable bonds is 8. The zero-order chi connectivity index (χ0) is 27.6. The average Bonchev–Trinajstić information content (AvgIpc) is 3.44. The molecule has 1 fully saturated rings. The lowest BCUT2D eigenvalue weighted by atomic mass is 10.0. The minimum atomic E-state index is -1.30. The Hall–Kier alpha value is -4.64. The highest BCUT2D eigenvalue weighted by Crippen LogP contribution is 2.33. The third kappa shape index (κ3) is 5.84. The fourth-order valence-corrected chi connectivity index (χ4v) is 4.48. The van der Waals surface area contributed by atoms with Gasteiger partial charge in [0.15, 0.2) is 0 Å². The molecule has 3 N–H and O–H groups in total. The Morgan fingerprint density at radius 2 is 1.61 bits per heavy atom. The number of hydrogen-bond donors (Lipinski definition) is 3.